The molecule has 1 amide bonds. The van der Waals surface area contributed by atoms with Crippen molar-refractivity contribution in [1.82, 2.24) is 5.32 Å². The highest BCUT2D eigenvalue weighted by Gasteiger charge is 2.14. The van der Waals surface area contributed by atoms with Gasteiger partial charge in [0.25, 0.3) is 11.6 Å². The molecule has 104 valence electrons. The van der Waals surface area contributed by atoms with Crippen molar-refractivity contribution in [2.45, 2.75) is 0 Å². The van der Waals surface area contributed by atoms with Gasteiger partial charge in [0, 0.05) is 28.7 Å². The van der Waals surface area contributed by atoms with Crippen molar-refractivity contribution in [3.63, 3.8) is 0 Å². The molecule has 0 aliphatic heterocycles. The second kappa shape index (κ2) is 6.08. The van der Waals surface area contributed by atoms with Crippen molar-refractivity contribution in [1.29, 1.82) is 0 Å². The van der Waals surface area contributed by atoms with Crippen LogP contribution in [-0.4, -0.2) is 31.5 Å². The first kappa shape index (κ1) is 15.5. The summed E-state index contributed by atoms with van der Waals surface area (Å²) in [5.74, 6) is -1.03. The summed E-state index contributed by atoms with van der Waals surface area (Å²) in [5.41, 5.74) is -0.193. The Hall–Kier alpha value is -1.52. The number of amides is 1. The summed E-state index contributed by atoms with van der Waals surface area (Å²) in [6.45, 7) is -0.169. The molecule has 0 heterocycles. The van der Waals surface area contributed by atoms with Crippen LogP contribution in [-0.2, 0) is 10.0 Å². The van der Waals surface area contributed by atoms with Crippen LogP contribution < -0.4 is 10.5 Å². The van der Waals surface area contributed by atoms with E-state index in [4.69, 9.17) is 5.14 Å². The standard InChI is InChI=1S/C9H10BrN3O5S/c10-7-3-6(4-8(5-7)13(15)16)9(14)12-1-2-19(11,17)18/h3-5H,1-2H2,(H,12,14)(H2,11,17,18). The topological polar surface area (TPSA) is 132 Å². The van der Waals surface area contributed by atoms with Crippen molar-refractivity contribution >= 4 is 37.5 Å². The number of carbonyl (C=O) groups is 1. The molecule has 0 fully saturated rings. The monoisotopic (exact) mass is 351 g/mol. The molecule has 3 N–H and O–H groups in total. The molecule has 1 aromatic rings. The highest BCUT2D eigenvalue weighted by atomic mass is 79.9. The Balaban J connectivity index is 2.80. The van der Waals surface area contributed by atoms with E-state index < -0.39 is 26.6 Å². The highest BCUT2D eigenvalue weighted by Crippen LogP contribution is 2.21. The molecule has 10 heteroatoms. The number of rotatable bonds is 5. The minimum Gasteiger partial charge on any atom is -0.351 e. The predicted octanol–water partition coefficient (Wildman–Crippen LogP) is 0.376. The number of hydrogen-bond acceptors (Lipinski definition) is 5. The summed E-state index contributed by atoms with van der Waals surface area (Å²) in [6.07, 6.45) is 0. The van der Waals surface area contributed by atoms with E-state index in [-0.39, 0.29) is 17.8 Å². The average Bonchev–Trinajstić information content (AvgIpc) is 2.26. The van der Waals surface area contributed by atoms with E-state index in [0.29, 0.717) is 4.47 Å². The van der Waals surface area contributed by atoms with Crippen molar-refractivity contribution < 1.29 is 18.1 Å². The van der Waals surface area contributed by atoms with Gasteiger partial charge in [0.05, 0.1) is 10.7 Å². The number of nitrogens with two attached hydrogens (primary N) is 1. The zero-order valence-corrected chi connectivity index (χ0v) is 11.9. The van der Waals surface area contributed by atoms with Crippen molar-refractivity contribution in [3.8, 4) is 0 Å². The van der Waals surface area contributed by atoms with Gasteiger partial charge in [0.1, 0.15) is 0 Å². The first-order valence-electron chi connectivity index (χ1n) is 4.93. The van der Waals surface area contributed by atoms with E-state index in [9.17, 15) is 23.3 Å². The van der Waals surface area contributed by atoms with Crippen LogP contribution in [0, 0.1) is 10.1 Å². The minimum atomic E-state index is -3.66. The van der Waals surface area contributed by atoms with Crippen LogP contribution in [0.15, 0.2) is 22.7 Å². The number of non-ortho nitro benzene ring substituents is 1. The molecule has 0 saturated heterocycles. The molecule has 0 spiro atoms. The van der Waals surface area contributed by atoms with E-state index >= 15 is 0 Å². The fourth-order valence-corrected chi connectivity index (χ4v) is 2.09. The molecule has 0 aromatic heterocycles. The zero-order valence-electron chi connectivity index (χ0n) is 9.50. The average molecular weight is 352 g/mol. The van der Waals surface area contributed by atoms with Gasteiger partial charge < -0.3 is 5.32 Å². The molecule has 0 atom stereocenters. The number of benzene rings is 1. The van der Waals surface area contributed by atoms with E-state index in [1.54, 1.807) is 0 Å². The predicted molar refractivity (Wildman–Crippen MR) is 71.1 cm³/mol. The summed E-state index contributed by atoms with van der Waals surface area (Å²) in [7, 11) is -3.66. The van der Waals surface area contributed by atoms with Gasteiger partial charge in [-0.2, -0.15) is 0 Å². The summed E-state index contributed by atoms with van der Waals surface area (Å²) in [6, 6.07) is 3.73. The Morgan fingerprint density at radius 2 is 2.05 bits per heavy atom. The smallest absolute Gasteiger partial charge is 0.271 e. The lowest BCUT2D eigenvalue weighted by atomic mass is 10.2. The number of carbonyl (C=O) groups excluding carboxylic acids is 1. The molecule has 0 aliphatic rings. The van der Waals surface area contributed by atoms with Crippen LogP contribution in [0.2, 0.25) is 0 Å². The Morgan fingerprint density at radius 1 is 1.42 bits per heavy atom. The third kappa shape index (κ3) is 5.32. The molecular formula is C9H10BrN3O5S. The second-order valence-electron chi connectivity index (χ2n) is 3.58. The Morgan fingerprint density at radius 3 is 2.58 bits per heavy atom. The first-order valence-corrected chi connectivity index (χ1v) is 7.43. The van der Waals surface area contributed by atoms with Crippen LogP contribution in [0.4, 0.5) is 5.69 Å². The molecule has 0 radical (unpaired) electrons. The van der Waals surface area contributed by atoms with Gasteiger partial charge in [-0.15, -0.1) is 0 Å². The van der Waals surface area contributed by atoms with Gasteiger partial charge in [0.15, 0.2) is 0 Å². The lowest BCUT2D eigenvalue weighted by Gasteiger charge is -2.05. The Labute approximate surface area is 117 Å². The fraction of sp³-hybridized carbons (Fsp3) is 0.222. The minimum absolute atomic E-state index is 0.0514. The summed E-state index contributed by atoms with van der Waals surface area (Å²) in [4.78, 5) is 21.7. The molecule has 1 rings (SSSR count). The largest absolute Gasteiger partial charge is 0.351 e. The van der Waals surface area contributed by atoms with Gasteiger partial charge in [-0.1, -0.05) is 15.9 Å². The van der Waals surface area contributed by atoms with Crippen molar-refractivity contribution in [2.24, 2.45) is 5.14 Å². The second-order valence-corrected chi connectivity index (χ2v) is 6.23. The Kier molecular flexibility index (Phi) is 4.97. The third-order valence-electron chi connectivity index (χ3n) is 2.03. The van der Waals surface area contributed by atoms with Crippen molar-refractivity contribution in [2.75, 3.05) is 12.3 Å². The molecule has 19 heavy (non-hydrogen) atoms. The van der Waals surface area contributed by atoms with Crippen LogP contribution in [0.3, 0.4) is 0 Å². The number of primary sulfonamides is 1. The van der Waals surface area contributed by atoms with E-state index in [2.05, 4.69) is 21.2 Å². The summed E-state index contributed by atoms with van der Waals surface area (Å²) in [5, 5.41) is 17.7. The number of nitrogens with one attached hydrogen (secondary N) is 1. The summed E-state index contributed by atoms with van der Waals surface area (Å²) < 4.78 is 21.7. The van der Waals surface area contributed by atoms with Gasteiger partial charge in [-0.3, -0.25) is 14.9 Å². The van der Waals surface area contributed by atoms with Gasteiger partial charge in [0.2, 0.25) is 10.0 Å². The summed E-state index contributed by atoms with van der Waals surface area (Å²) >= 11 is 3.05. The third-order valence-corrected chi connectivity index (χ3v) is 3.26. The molecular weight excluding hydrogens is 342 g/mol. The first-order chi connectivity index (χ1) is 8.69. The van der Waals surface area contributed by atoms with Crippen LogP contribution in [0.25, 0.3) is 0 Å². The maximum atomic E-state index is 11.7. The molecule has 1 aromatic carbocycles. The van der Waals surface area contributed by atoms with E-state index in [0.717, 1.165) is 6.07 Å². The molecule has 0 saturated carbocycles. The number of hydrogen-bond donors (Lipinski definition) is 2. The number of nitro groups is 1. The number of nitrogens with zero attached hydrogens (tertiary/aromatic N) is 1. The fourth-order valence-electron chi connectivity index (χ4n) is 1.22. The van der Waals surface area contributed by atoms with Crippen LogP contribution >= 0.6 is 15.9 Å². The lowest BCUT2D eigenvalue weighted by Crippen LogP contribution is -2.31. The van der Waals surface area contributed by atoms with Gasteiger partial charge in [-0.05, 0) is 6.07 Å². The number of nitro benzene ring substituents is 1. The Bertz CT molecular complexity index is 616. The number of halogens is 1. The van der Waals surface area contributed by atoms with Crippen LogP contribution in [0.5, 0.6) is 0 Å². The maximum absolute atomic E-state index is 11.7. The highest BCUT2D eigenvalue weighted by molar-refractivity contribution is 9.10. The molecule has 0 unspecified atom stereocenters. The quantitative estimate of drug-likeness (QED) is 0.584. The van der Waals surface area contributed by atoms with Gasteiger partial charge >= 0.3 is 0 Å². The molecule has 0 aliphatic carbocycles. The van der Waals surface area contributed by atoms with E-state index in [1.165, 1.54) is 12.1 Å². The van der Waals surface area contributed by atoms with Crippen LogP contribution in [0.1, 0.15) is 10.4 Å². The lowest BCUT2D eigenvalue weighted by molar-refractivity contribution is -0.385. The van der Waals surface area contributed by atoms with E-state index in [1.807, 2.05) is 0 Å². The van der Waals surface area contributed by atoms with Gasteiger partial charge in [-0.25, -0.2) is 13.6 Å². The maximum Gasteiger partial charge on any atom is 0.271 e. The zero-order chi connectivity index (χ0) is 14.6. The molecule has 8 nitrogen and oxygen atoms in total. The van der Waals surface area contributed by atoms with Crippen molar-refractivity contribution in [3.05, 3.63) is 38.3 Å². The normalized spacial score (nSPS) is 11.1. The number of sulfonamides is 1. The SMILES string of the molecule is NS(=O)(=O)CCNC(=O)c1cc(Br)cc([N+](=O)[O-])c1. The molecule has 0 bridgehead atoms.